The van der Waals surface area contributed by atoms with Crippen molar-refractivity contribution in [3.8, 4) is 5.75 Å². The number of ether oxygens (including phenoxy) is 1. The van der Waals surface area contributed by atoms with Gasteiger partial charge in [-0.3, -0.25) is 9.59 Å². The van der Waals surface area contributed by atoms with Crippen LogP contribution in [0.5, 0.6) is 5.75 Å². The number of halogens is 3. The topological polar surface area (TPSA) is 71.5 Å². The van der Waals surface area contributed by atoms with Crippen LogP contribution in [0.2, 0.25) is 0 Å². The Morgan fingerprint density at radius 3 is 2.80 bits per heavy atom. The Bertz CT molecular complexity index is 964. The Labute approximate surface area is 178 Å². The van der Waals surface area contributed by atoms with Crippen LogP contribution in [0, 0.1) is 0 Å². The van der Waals surface area contributed by atoms with Crippen molar-refractivity contribution in [1.29, 1.82) is 0 Å². The standard InChI is InChI=1S/C19H18F3N3O3S2/c1-18-7-6-15(26)25(18)14(10-29-18)16(27)24-17-23-9-13(30-17)8-11-2-4-12(5-3-11)28-19(20,21)22/h2-5,9,14H,6-8,10H2,1H3,(H,23,24,27). The van der Waals surface area contributed by atoms with Crippen LogP contribution >= 0.6 is 23.1 Å². The lowest BCUT2D eigenvalue weighted by molar-refractivity contribution is -0.274. The van der Waals surface area contributed by atoms with Gasteiger partial charge in [0.05, 0.1) is 4.87 Å². The third-order valence-corrected chi connectivity index (χ3v) is 7.48. The second kappa shape index (κ2) is 7.77. The maximum absolute atomic E-state index is 12.7. The summed E-state index contributed by atoms with van der Waals surface area (Å²) in [5.41, 5.74) is 0.789. The molecule has 4 rings (SSSR count). The molecule has 2 atom stereocenters. The average Bonchev–Trinajstić information content (AvgIpc) is 3.32. The molecular formula is C19H18F3N3O3S2. The van der Waals surface area contributed by atoms with Gasteiger partial charge in [-0.05, 0) is 31.0 Å². The lowest BCUT2D eigenvalue weighted by Gasteiger charge is -2.29. The summed E-state index contributed by atoms with van der Waals surface area (Å²) in [4.78, 5) is 31.3. The molecule has 30 heavy (non-hydrogen) atoms. The summed E-state index contributed by atoms with van der Waals surface area (Å²) in [6.07, 6.45) is -1.44. The van der Waals surface area contributed by atoms with Gasteiger partial charge < -0.3 is 15.0 Å². The lowest BCUT2D eigenvalue weighted by Crippen LogP contribution is -2.48. The number of thiazole rings is 1. The summed E-state index contributed by atoms with van der Waals surface area (Å²) in [7, 11) is 0. The second-order valence-corrected chi connectivity index (χ2v) is 9.87. The molecule has 160 valence electrons. The molecule has 2 aromatic rings. The normalized spacial score (nSPS) is 23.5. The predicted molar refractivity (Wildman–Crippen MR) is 107 cm³/mol. The monoisotopic (exact) mass is 457 g/mol. The fourth-order valence-electron chi connectivity index (χ4n) is 3.66. The van der Waals surface area contributed by atoms with E-state index in [1.165, 1.54) is 23.5 Å². The van der Waals surface area contributed by atoms with E-state index in [1.807, 2.05) is 6.92 Å². The number of benzene rings is 1. The van der Waals surface area contributed by atoms with Crippen LogP contribution in [0.15, 0.2) is 30.5 Å². The van der Waals surface area contributed by atoms with Crippen molar-refractivity contribution < 1.29 is 27.5 Å². The number of fused-ring (bicyclic) bond motifs is 1. The fraction of sp³-hybridized carbons (Fsp3) is 0.421. The van der Waals surface area contributed by atoms with E-state index in [9.17, 15) is 22.8 Å². The van der Waals surface area contributed by atoms with Gasteiger partial charge in [0.1, 0.15) is 11.8 Å². The van der Waals surface area contributed by atoms with E-state index in [-0.39, 0.29) is 22.4 Å². The summed E-state index contributed by atoms with van der Waals surface area (Å²) in [5.74, 6) is 0.0245. The summed E-state index contributed by atoms with van der Waals surface area (Å²) in [6, 6.07) is 5.11. The quantitative estimate of drug-likeness (QED) is 0.734. The van der Waals surface area contributed by atoms with E-state index in [0.717, 1.165) is 16.9 Å². The van der Waals surface area contributed by atoms with Gasteiger partial charge in [0.2, 0.25) is 11.8 Å². The molecule has 2 aliphatic heterocycles. The van der Waals surface area contributed by atoms with Crippen LogP contribution in [0.1, 0.15) is 30.2 Å². The minimum atomic E-state index is -4.72. The zero-order valence-corrected chi connectivity index (χ0v) is 17.5. The Morgan fingerprint density at radius 2 is 2.10 bits per heavy atom. The highest BCUT2D eigenvalue weighted by atomic mass is 32.2. The lowest BCUT2D eigenvalue weighted by atomic mass is 10.1. The number of aromatic nitrogens is 1. The molecule has 0 spiro atoms. The summed E-state index contributed by atoms with van der Waals surface area (Å²) < 4.78 is 40.6. The van der Waals surface area contributed by atoms with Crippen molar-refractivity contribution in [3.05, 3.63) is 40.9 Å². The number of carbonyl (C=O) groups excluding carboxylic acids is 2. The number of hydrogen-bond acceptors (Lipinski definition) is 6. The Kier molecular flexibility index (Phi) is 5.43. The molecule has 2 unspecified atom stereocenters. The first-order valence-electron chi connectivity index (χ1n) is 9.19. The minimum Gasteiger partial charge on any atom is -0.406 e. The third-order valence-electron chi connectivity index (χ3n) is 5.07. The number of anilines is 1. The van der Waals surface area contributed by atoms with E-state index in [1.54, 1.807) is 35.0 Å². The van der Waals surface area contributed by atoms with Crippen LogP contribution < -0.4 is 10.1 Å². The van der Waals surface area contributed by atoms with Gasteiger partial charge in [-0.15, -0.1) is 36.3 Å². The Balaban J connectivity index is 1.36. The van der Waals surface area contributed by atoms with Gasteiger partial charge in [-0.25, -0.2) is 4.98 Å². The van der Waals surface area contributed by atoms with Gasteiger partial charge >= 0.3 is 6.36 Å². The van der Waals surface area contributed by atoms with Crippen LogP contribution in [0.4, 0.5) is 18.3 Å². The minimum absolute atomic E-state index is 0.000396. The molecule has 0 bridgehead atoms. The molecule has 2 aliphatic rings. The van der Waals surface area contributed by atoms with Crippen molar-refractivity contribution in [1.82, 2.24) is 9.88 Å². The number of rotatable bonds is 5. The van der Waals surface area contributed by atoms with E-state index in [2.05, 4.69) is 15.0 Å². The number of thioether (sulfide) groups is 1. The van der Waals surface area contributed by atoms with E-state index < -0.39 is 12.4 Å². The van der Waals surface area contributed by atoms with Crippen LogP contribution in [-0.4, -0.2) is 44.7 Å². The number of amides is 2. The van der Waals surface area contributed by atoms with Gasteiger partial charge in [0.15, 0.2) is 5.13 Å². The Morgan fingerprint density at radius 1 is 1.37 bits per heavy atom. The molecule has 0 saturated carbocycles. The van der Waals surface area contributed by atoms with Crippen molar-refractivity contribution in [2.24, 2.45) is 0 Å². The van der Waals surface area contributed by atoms with Gasteiger partial charge in [0, 0.05) is 29.7 Å². The highest BCUT2D eigenvalue weighted by Crippen LogP contribution is 2.47. The molecule has 2 fully saturated rings. The van der Waals surface area contributed by atoms with Crippen LogP contribution in [0.3, 0.4) is 0 Å². The molecule has 11 heteroatoms. The van der Waals surface area contributed by atoms with E-state index in [0.29, 0.717) is 23.7 Å². The zero-order chi connectivity index (χ0) is 21.5. The maximum Gasteiger partial charge on any atom is 0.573 e. The van der Waals surface area contributed by atoms with E-state index in [4.69, 9.17) is 0 Å². The number of nitrogens with zero attached hydrogens (tertiary/aromatic N) is 2. The summed E-state index contributed by atoms with van der Waals surface area (Å²) >= 11 is 2.91. The SMILES string of the molecule is CC12CCC(=O)N1C(C(=O)Nc1ncc(Cc3ccc(OC(F)(F)F)cc3)s1)CS2. The van der Waals surface area contributed by atoms with Crippen molar-refractivity contribution >= 4 is 40.0 Å². The molecule has 1 aromatic carbocycles. The second-order valence-electron chi connectivity index (χ2n) is 7.26. The highest BCUT2D eigenvalue weighted by molar-refractivity contribution is 8.01. The molecule has 6 nitrogen and oxygen atoms in total. The number of carbonyl (C=O) groups is 2. The predicted octanol–water partition coefficient (Wildman–Crippen LogP) is 4.03. The first-order valence-corrected chi connectivity index (χ1v) is 11.0. The summed E-state index contributed by atoms with van der Waals surface area (Å²) in [5, 5.41) is 3.22. The fourth-order valence-corrected chi connectivity index (χ4v) is 5.94. The molecule has 3 heterocycles. The number of alkyl halides is 3. The smallest absolute Gasteiger partial charge is 0.406 e. The molecule has 2 saturated heterocycles. The highest BCUT2D eigenvalue weighted by Gasteiger charge is 2.52. The van der Waals surface area contributed by atoms with Crippen LogP contribution in [-0.2, 0) is 16.0 Å². The first-order chi connectivity index (χ1) is 14.1. The first kappa shape index (κ1) is 21.0. The molecule has 1 aromatic heterocycles. The van der Waals surface area contributed by atoms with Gasteiger partial charge in [0.25, 0.3) is 0 Å². The molecule has 2 amide bonds. The molecular weight excluding hydrogens is 439 g/mol. The van der Waals surface area contributed by atoms with Crippen molar-refractivity contribution in [3.63, 3.8) is 0 Å². The largest absolute Gasteiger partial charge is 0.573 e. The summed E-state index contributed by atoms with van der Waals surface area (Å²) in [6.45, 7) is 1.99. The zero-order valence-electron chi connectivity index (χ0n) is 15.9. The Hall–Kier alpha value is -2.27. The third kappa shape index (κ3) is 4.41. The van der Waals surface area contributed by atoms with Crippen molar-refractivity contribution in [2.45, 2.75) is 43.5 Å². The molecule has 0 aliphatic carbocycles. The number of hydrogen-bond donors (Lipinski definition) is 1. The van der Waals surface area contributed by atoms with Crippen molar-refractivity contribution in [2.75, 3.05) is 11.1 Å². The van der Waals surface area contributed by atoms with E-state index >= 15 is 0 Å². The average molecular weight is 457 g/mol. The maximum atomic E-state index is 12.7. The molecule has 1 N–H and O–H groups in total. The van der Waals surface area contributed by atoms with Crippen LogP contribution in [0.25, 0.3) is 0 Å². The van der Waals surface area contributed by atoms with Gasteiger partial charge in [-0.1, -0.05) is 12.1 Å². The molecule has 0 radical (unpaired) electrons. The number of nitrogens with one attached hydrogen (secondary N) is 1. The van der Waals surface area contributed by atoms with Gasteiger partial charge in [-0.2, -0.15) is 0 Å².